The van der Waals surface area contributed by atoms with Crippen LogP contribution in [0.1, 0.15) is 19.3 Å². The van der Waals surface area contributed by atoms with E-state index in [-0.39, 0.29) is 0 Å². The quantitative estimate of drug-likeness (QED) is 0.599. The predicted molar refractivity (Wildman–Crippen MR) is 78.6 cm³/mol. The summed E-state index contributed by atoms with van der Waals surface area (Å²) in [4.78, 5) is 9.22. The molecule has 0 aromatic carbocycles. The zero-order valence-electron chi connectivity index (χ0n) is 12.6. The summed E-state index contributed by atoms with van der Waals surface area (Å²) >= 11 is 0. The molecule has 0 spiro atoms. The summed E-state index contributed by atoms with van der Waals surface area (Å²) in [5.74, 6) is 1.71. The van der Waals surface area contributed by atoms with Crippen molar-refractivity contribution in [3.63, 3.8) is 0 Å². The molecule has 2 aliphatic rings. The van der Waals surface area contributed by atoms with Crippen molar-refractivity contribution < 1.29 is 4.74 Å². The van der Waals surface area contributed by atoms with Gasteiger partial charge in [0.25, 0.3) is 0 Å². The average molecular weight is 268 g/mol. The van der Waals surface area contributed by atoms with Gasteiger partial charge < -0.3 is 19.9 Å². The first-order valence-electron chi connectivity index (χ1n) is 7.39. The van der Waals surface area contributed by atoms with E-state index in [1.807, 2.05) is 7.05 Å². The lowest BCUT2D eigenvalue weighted by Crippen LogP contribution is -2.45. The van der Waals surface area contributed by atoms with E-state index in [9.17, 15) is 0 Å². The second-order valence-corrected chi connectivity index (χ2v) is 5.76. The van der Waals surface area contributed by atoms with Crippen molar-refractivity contribution in [1.82, 2.24) is 15.1 Å². The Bertz CT molecular complexity index is 308. The van der Waals surface area contributed by atoms with E-state index in [2.05, 4.69) is 27.2 Å². The molecule has 2 rings (SSSR count). The van der Waals surface area contributed by atoms with Gasteiger partial charge in [-0.25, -0.2) is 0 Å². The van der Waals surface area contributed by atoms with Gasteiger partial charge in [-0.3, -0.25) is 4.99 Å². The van der Waals surface area contributed by atoms with Crippen LogP contribution < -0.4 is 5.32 Å². The van der Waals surface area contributed by atoms with E-state index in [4.69, 9.17) is 4.74 Å². The Balaban J connectivity index is 1.77. The van der Waals surface area contributed by atoms with Gasteiger partial charge in [0.15, 0.2) is 5.96 Å². The van der Waals surface area contributed by atoms with E-state index >= 15 is 0 Å². The molecule has 110 valence electrons. The first-order chi connectivity index (χ1) is 9.24. The van der Waals surface area contributed by atoms with Crippen molar-refractivity contribution >= 4 is 5.96 Å². The Morgan fingerprint density at radius 1 is 1.37 bits per heavy atom. The number of rotatable bonds is 4. The van der Waals surface area contributed by atoms with Crippen LogP contribution >= 0.6 is 0 Å². The van der Waals surface area contributed by atoms with Crippen LogP contribution in [0, 0.1) is 5.92 Å². The molecule has 2 heterocycles. The number of likely N-dealkylation sites (tertiary alicyclic amines) is 2. The molecule has 0 saturated carbocycles. The van der Waals surface area contributed by atoms with Gasteiger partial charge in [0.2, 0.25) is 0 Å². The maximum absolute atomic E-state index is 5.25. The number of nitrogens with one attached hydrogen (secondary N) is 1. The molecule has 0 aliphatic carbocycles. The average Bonchev–Trinajstić information content (AvgIpc) is 3.01. The minimum absolute atomic E-state index is 0.651. The number of likely N-dealkylation sites (N-methyl/N-ethyl adjacent to an activating group) is 1. The third kappa shape index (κ3) is 3.83. The van der Waals surface area contributed by atoms with E-state index in [0.717, 1.165) is 32.2 Å². The SMILES string of the molecule is CN=C(NCC1CCCN1C)N1CCC(COC)C1. The molecule has 2 unspecified atom stereocenters. The Kier molecular flexibility index (Phi) is 5.45. The van der Waals surface area contributed by atoms with E-state index in [0.29, 0.717) is 12.0 Å². The molecule has 2 atom stereocenters. The molecule has 19 heavy (non-hydrogen) atoms. The number of guanidine groups is 1. The molecule has 0 bridgehead atoms. The summed E-state index contributed by atoms with van der Waals surface area (Å²) < 4.78 is 5.25. The summed E-state index contributed by atoms with van der Waals surface area (Å²) in [6.45, 7) is 5.25. The molecule has 0 radical (unpaired) electrons. The Hall–Kier alpha value is -0.810. The second-order valence-electron chi connectivity index (χ2n) is 5.76. The Morgan fingerprint density at radius 2 is 2.21 bits per heavy atom. The lowest BCUT2D eigenvalue weighted by Gasteiger charge is -2.25. The van der Waals surface area contributed by atoms with Crippen LogP contribution in [0.5, 0.6) is 0 Å². The predicted octanol–water partition coefficient (Wildman–Crippen LogP) is 0.624. The molecule has 2 fully saturated rings. The summed E-state index contributed by atoms with van der Waals surface area (Å²) in [5, 5.41) is 3.54. The number of hydrogen-bond acceptors (Lipinski definition) is 3. The van der Waals surface area contributed by atoms with E-state index in [1.54, 1.807) is 7.11 Å². The highest BCUT2D eigenvalue weighted by atomic mass is 16.5. The molecule has 5 heteroatoms. The zero-order chi connectivity index (χ0) is 13.7. The van der Waals surface area contributed by atoms with Crippen LogP contribution in [0.3, 0.4) is 0 Å². The van der Waals surface area contributed by atoms with Gasteiger partial charge in [-0.2, -0.15) is 0 Å². The molecule has 2 aliphatic heterocycles. The maximum Gasteiger partial charge on any atom is 0.193 e. The third-order valence-corrected chi connectivity index (χ3v) is 4.37. The van der Waals surface area contributed by atoms with Crippen LogP contribution in [-0.2, 0) is 4.74 Å². The van der Waals surface area contributed by atoms with Crippen LogP contribution in [0.4, 0.5) is 0 Å². The van der Waals surface area contributed by atoms with Gasteiger partial charge in [-0.05, 0) is 32.9 Å². The highest BCUT2D eigenvalue weighted by Gasteiger charge is 2.26. The van der Waals surface area contributed by atoms with Crippen LogP contribution in [0.15, 0.2) is 4.99 Å². The topological polar surface area (TPSA) is 40.1 Å². The van der Waals surface area contributed by atoms with Gasteiger partial charge in [-0.1, -0.05) is 0 Å². The lowest BCUT2D eigenvalue weighted by molar-refractivity contribution is 0.157. The fraction of sp³-hybridized carbons (Fsp3) is 0.929. The molecular weight excluding hydrogens is 240 g/mol. The van der Waals surface area contributed by atoms with Crippen molar-refractivity contribution in [1.29, 1.82) is 0 Å². The van der Waals surface area contributed by atoms with Gasteiger partial charge in [0, 0.05) is 45.8 Å². The largest absolute Gasteiger partial charge is 0.384 e. The summed E-state index contributed by atoms with van der Waals surface area (Å²) in [6.07, 6.45) is 3.83. The second kappa shape index (κ2) is 7.10. The fourth-order valence-corrected chi connectivity index (χ4v) is 3.18. The van der Waals surface area contributed by atoms with Crippen molar-refractivity contribution in [2.75, 3.05) is 54.0 Å². The number of hydrogen-bond donors (Lipinski definition) is 1. The van der Waals surface area contributed by atoms with Crippen molar-refractivity contribution in [2.24, 2.45) is 10.9 Å². The normalized spacial score (nSPS) is 29.2. The van der Waals surface area contributed by atoms with E-state index in [1.165, 1.54) is 25.8 Å². The molecule has 0 aromatic rings. The van der Waals surface area contributed by atoms with Gasteiger partial charge >= 0.3 is 0 Å². The minimum Gasteiger partial charge on any atom is -0.384 e. The molecule has 1 N–H and O–H groups in total. The van der Waals surface area contributed by atoms with Gasteiger partial charge in [0.1, 0.15) is 0 Å². The molecule has 0 aromatic heterocycles. The Labute approximate surface area is 117 Å². The maximum atomic E-state index is 5.25. The Morgan fingerprint density at radius 3 is 2.84 bits per heavy atom. The minimum atomic E-state index is 0.651. The van der Waals surface area contributed by atoms with Crippen molar-refractivity contribution in [3.05, 3.63) is 0 Å². The molecule has 5 nitrogen and oxygen atoms in total. The first-order valence-corrected chi connectivity index (χ1v) is 7.39. The van der Waals surface area contributed by atoms with Crippen molar-refractivity contribution in [2.45, 2.75) is 25.3 Å². The third-order valence-electron chi connectivity index (χ3n) is 4.37. The molecule has 0 amide bonds. The summed E-state index contributed by atoms with van der Waals surface area (Å²) in [5.41, 5.74) is 0. The van der Waals surface area contributed by atoms with Crippen molar-refractivity contribution in [3.8, 4) is 0 Å². The smallest absolute Gasteiger partial charge is 0.193 e. The van der Waals surface area contributed by atoms with Gasteiger partial charge in [-0.15, -0.1) is 0 Å². The summed E-state index contributed by atoms with van der Waals surface area (Å²) in [6, 6.07) is 0.661. The highest BCUT2D eigenvalue weighted by molar-refractivity contribution is 5.80. The number of methoxy groups -OCH3 is 1. The van der Waals surface area contributed by atoms with Crippen LogP contribution in [0.25, 0.3) is 0 Å². The number of nitrogens with zero attached hydrogens (tertiary/aromatic N) is 3. The number of aliphatic imine (C=N–C) groups is 1. The molecular formula is C14H28N4O. The highest BCUT2D eigenvalue weighted by Crippen LogP contribution is 2.17. The lowest BCUT2D eigenvalue weighted by atomic mass is 10.1. The molecule has 2 saturated heterocycles. The summed E-state index contributed by atoms with van der Waals surface area (Å²) in [7, 11) is 5.88. The van der Waals surface area contributed by atoms with Crippen LogP contribution in [-0.4, -0.2) is 75.8 Å². The number of ether oxygens (including phenoxy) is 1. The zero-order valence-corrected chi connectivity index (χ0v) is 12.6. The fourth-order valence-electron chi connectivity index (χ4n) is 3.18. The van der Waals surface area contributed by atoms with Crippen LogP contribution in [0.2, 0.25) is 0 Å². The monoisotopic (exact) mass is 268 g/mol. The first kappa shape index (κ1) is 14.6. The van der Waals surface area contributed by atoms with E-state index < -0.39 is 0 Å². The standard InChI is InChI=1S/C14H28N4O/c1-15-14(16-9-13-5-4-7-17(13)2)18-8-6-12(10-18)11-19-3/h12-13H,4-11H2,1-3H3,(H,15,16). The van der Waals surface area contributed by atoms with Gasteiger partial charge in [0.05, 0.1) is 6.61 Å².